The summed E-state index contributed by atoms with van der Waals surface area (Å²) in [5.74, 6) is -1.57. The molecule has 1 rings (SSSR count). The van der Waals surface area contributed by atoms with Gasteiger partial charge in [0.25, 0.3) is 0 Å². The highest BCUT2D eigenvalue weighted by molar-refractivity contribution is 5.52. The number of nitriles is 1. The standard InChI is InChI=1S/C11H12F2N2O/c1-2-15(3-4-16)11-9(12)5-8(7-14)6-10(11)13/h5-6,16H,2-4H2,1H3. The summed E-state index contributed by atoms with van der Waals surface area (Å²) in [7, 11) is 0. The molecule has 0 aliphatic rings. The number of likely N-dealkylation sites (N-methyl/N-ethyl adjacent to an activating group) is 1. The van der Waals surface area contributed by atoms with E-state index in [1.165, 1.54) is 4.90 Å². The fraction of sp³-hybridized carbons (Fsp3) is 0.364. The van der Waals surface area contributed by atoms with E-state index in [1.54, 1.807) is 13.0 Å². The van der Waals surface area contributed by atoms with Crippen molar-refractivity contribution in [2.45, 2.75) is 6.92 Å². The van der Waals surface area contributed by atoms with Crippen molar-refractivity contribution in [3.05, 3.63) is 29.3 Å². The minimum Gasteiger partial charge on any atom is -0.395 e. The summed E-state index contributed by atoms with van der Waals surface area (Å²) in [6.45, 7) is 2.07. The fourth-order valence-corrected chi connectivity index (χ4v) is 1.48. The first-order valence-electron chi connectivity index (χ1n) is 4.89. The number of aliphatic hydroxyl groups is 1. The lowest BCUT2D eigenvalue weighted by molar-refractivity contribution is 0.301. The van der Waals surface area contributed by atoms with Crippen LogP contribution in [0.25, 0.3) is 0 Å². The molecule has 0 amide bonds. The molecule has 0 aliphatic heterocycles. The number of benzene rings is 1. The fourth-order valence-electron chi connectivity index (χ4n) is 1.48. The number of anilines is 1. The Hall–Kier alpha value is -1.67. The van der Waals surface area contributed by atoms with E-state index in [0.29, 0.717) is 6.54 Å². The third kappa shape index (κ3) is 2.47. The molecule has 0 radical (unpaired) electrons. The maximum absolute atomic E-state index is 13.5. The van der Waals surface area contributed by atoms with Crippen molar-refractivity contribution in [1.82, 2.24) is 0 Å². The molecule has 3 nitrogen and oxygen atoms in total. The molecule has 1 aromatic carbocycles. The van der Waals surface area contributed by atoms with E-state index < -0.39 is 11.6 Å². The number of hydrogen-bond acceptors (Lipinski definition) is 3. The molecular weight excluding hydrogens is 214 g/mol. The molecule has 1 N–H and O–H groups in total. The first-order valence-corrected chi connectivity index (χ1v) is 4.89. The van der Waals surface area contributed by atoms with Crippen molar-refractivity contribution in [3.63, 3.8) is 0 Å². The van der Waals surface area contributed by atoms with Crippen LogP contribution in [-0.2, 0) is 0 Å². The molecule has 86 valence electrons. The highest BCUT2D eigenvalue weighted by Crippen LogP contribution is 2.24. The van der Waals surface area contributed by atoms with Gasteiger partial charge < -0.3 is 10.0 Å². The van der Waals surface area contributed by atoms with Crippen molar-refractivity contribution < 1.29 is 13.9 Å². The maximum Gasteiger partial charge on any atom is 0.150 e. The third-order valence-electron chi connectivity index (χ3n) is 2.21. The largest absolute Gasteiger partial charge is 0.395 e. The second-order valence-electron chi connectivity index (χ2n) is 3.20. The Morgan fingerprint density at radius 2 is 1.94 bits per heavy atom. The zero-order valence-electron chi connectivity index (χ0n) is 8.87. The second kappa shape index (κ2) is 5.42. The molecule has 0 heterocycles. The van der Waals surface area contributed by atoms with Crippen LogP contribution in [0.3, 0.4) is 0 Å². The van der Waals surface area contributed by atoms with E-state index in [9.17, 15) is 8.78 Å². The Kier molecular flexibility index (Phi) is 4.20. The monoisotopic (exact) mass is 226 g/mol. The van der Waals surface area contributed by atoms with Crippen LogP contribution in [0.15, 0.2) is 12.1 Å². The molecule has 0 aliphatic carbocycles. The van der Waals surface area contributed by atoms with Crippen molar-refractivity contribution in [3.8, 4) is 6.07 Å². The Balaban J connectivity index is 3.18. The molecule has 0 atom stereocenters. The molecule has 0 saturated carbocycles. The van der Waals surface area contributed by atoms with E-state index in [1.807, 2.05) is 0 Å². The van der Waals surface area contributed by atoms with Gasteiger partial charge in [0.15, 0.2) is 11.6 Å². The lowest BCUT2D eigenvalue weighted by Gasteiger charge is -2.23. The molecule has 0 aromatic heterocycles. The zero-order chi connectivity index (χ0) is 12.1. The summed E-state index contributed by atoms with van der Waals surface area (Å²) in [6, 6.07) is 3.65. The van der Waals surface area contributed by atoms with Gasteiger partial charge in [0.1, 0.15) is 5.69 Å². The first-order chi connectivity index (χ1) is 7.63. The van der Waals surface area contributed by atoms with E-state index in [2.05, 4.69) is 0 Å². The van der Waals surface area contributed by atoms with Crippen LogP contribution in [0.5, 0.6) is 0 Å². The Morgan fingerprint density at radius 3 is 2.31 bits per heavy atom. The van der Waals surface area contributed by atoms with Gasteiger partial charge in [0.05, 0.1) is 18.2 Å². The average molecular weight is 226 g/mol. The van der Waals surface area contributed by atoms with Gasteiger partial charge in [-0.1, -0.05) is 0 Å². The number of rotatable bonds is 4. The SMILES string of the molecule is CCN(CCO)c1c(F)cc(C#N)cc1F. The van der Waals surface area contributed by atoms with Crippen molar-refractivity contribution in [2.75, 3.05) is 24.6 Å². The average Bonchev–Trinajstić information content (AvgIpc) is 2.26. The number of aliphatic hydroxyl groups excluding tert-OH is 1. The molecule has 1 aromatic rings. The summed E-state index contributed by atoms with van der Waals surface area (Å²) in [5.41, 5.74) is -0.255. The minimum absolute atomic E-state index is 0.0567. The predicted molar refractivity (Wildman–Crippen MR) is 56.0 cm³/mol. The van der Waals surface area contributed by atoms with E-state index in [4.69, 9.17) is 10.4 Å². The Morgan fingerprint density at radius 1 is 1.38 bits per heavy atom. The Labute approximate surface area is 92.5 Å². The van der Waals surface area contributed by atoms with Crippen molar-refractivity contribution >= 4 is 5.69 Å². The second-order valence-corrected chi connectivity index (χ2v) is 3.20. The minimum atomic E-state index is -0.785. The highest BCUT2D eigenvalue weighted by Gasteiger charge is 2.16. The van der Waals surface area contributed by atoms with Crippen molar-refractivity contribution in [1.29, 1.82) is 5.26 Å². The molecule has 0 bridgehead atoms. The van der Waals surface area contributed by atoms with Crippen LogP contribution in [-0.4, -0.2) is 24.8 Å². The molecule has 0 unspecified atom stereocenters. The van der Waals surface area contributed by atoms with Gasteiger partial charge in [-0.05, 0) is 19.1 Å². The van der Waals surface area contributed by atoms with Gasteiger partial charge in [-0.15, -0.1) is 0 Å². The molecule has 0 fully saturated rings. The van der Waals surface area contributed by atoms with E-state index in [-0.39, 0.29) is 24.4 Å². The summed E-state index contributed by atoms with van der Waals surface area (Å²) in [6.07, 6.45) is 0. The van der Waals surface area contributed by atoms with E-state index in [0.717, 1.165) is 12.1 Å². The van der Waals surface area contributed by atoms with Crippen LogP contribution in [0.1, 0.15) is 12.5 Å². The number of nitrogens with zero attached hydrogens (tertiary/aromatic N) is 2. The summed E-state index contributed by atoms with van der Waals surface area (Å²) >= 11 is 0. The summed E-state index contributed by atoms with van der Waals surface area (Å²) in [5, 5.41) is 17.3. The summed E-state index contributed by atoms with van der Waals surface area (Å²) in [4.78, 5) is 1.38. The molecule has 16 heavy (non-hydrogen) atoms. The lowest BCUT2D eigenvalue weighted by atomic mass is 10.2. The van der Waals surface area contributed by atoms with Gasteiger partial charge in [0, 0.05) is 13.1 Å². The van der Waals surface area contributed by atoms with Gasteiger partial charge >= 0.3 is 0 Å². The smallest absolute Gasteiger partial charge is 0.150 e. The molecular formula is C11H12F2N2O. The molecule has 0 spiro atoms. The normalized spacial score (nSPS) is 9.94. The zero-order valence-corrected chi connectivity index (χ0v) is 8.87. The van der Waals surface area contributed by atoms with Crippen molar-refractivity contribution in [2.24, 2.45) is 0 Å². The third-order valence-corrected chi connectivity index (χ3v) is 2.21. The van der Waals surface area contributed by atoms with Crippen LogP contribution in [0, 0.1) is 23.0 Å². The van der Waals surface area contributed by atoms with Crippen LogP contribution >= 0.6 is 0 Å². The molecule has 5 heteroatoms. The first kappa shape index (κ1) is 12.4. The maximum atomic E-state index is 13.5. The number of hydrogen-bond donors (Lipinski definition) is 1. The predicted octanol–water partition coefficient (Wildman–Crippen LogP) is 1.66. The Bertz CT molecular complexity index is 392. The van der Waals surface area contributed by atoms with Gasteiger partial charge in [-0.3, -0.25) is 0 Å². The van der Waals surface area contributed by atoms with Gasteiger partial charge in [-0.2, -0.15) is 5.26 Å². The topological polar surface area (TPSA) is 47.3 Å². The summed E-state index contributed by atoms with van der Waals surface area (Å²) < 4.78 is 27.1. The molecule has 0 saturated heterocycles. The van der Waals surface area contributed by atoms with Crippen LogP contribution in [0.2, 0.25) is 0 Å². The van der Waals surface area contributed by atoms with Crippen LogP contribution in [0.4, 0.5) is 14.5 Å². The number of halogens is 2. The lowest BCUT2D eigenvalue weighted by Crippen LogP contribution is -2.28. The van der Waals surface area contributed by atoms with E-state index >= 15 is 0 Å². The highest BCUT2D eigenvalue weighted by atomic mass is 19.1. The van der Waals surface area contributed by atoms with Gasteiger partial charge in [-0.25, -0.2) is 8.78 Å². The van der Waals surface area contributed by atoms with Gasteiger partial charge in [0.2, 0.25) is 0 Å². The quantitative estimate of drug-likeness (QED) is 0.849. The van der Waals surface area contributed by atoms with Crippen LogP contribution < -0.4 is 4.90 Å².